The molecule has 0 saturated carbocycles. The van der Waals surface area contributed by atoms with Crippen molar-refractivity contribution < 1.29 is 28.3 Å². The molecule has 4 rings (SSSR count). The van der Waals surface area contributed by atoms with Crippen LogP contribution in [0.5, 0.6) is 11.5 Å². The first kappa shape index (κ1) is 24.9. The smallest absolute Gasteiger partial charge is 0.316 e. The van der Waals surface area contributed by atoms with Crippen molar-refractivity contribution in [2.45, 2.75) is 32.3 Å². The zero-order valence-corrected chi connectivity index (χ0v) is 21.0. The van der Waals surface area contributed by atoms with E-state index in [9.17, 15) is 9.00 Å². The second kappa shape index (κ2) is 10.6. The van der Waals surface area contributed by atoms with Gasteiger partial charge in [-0.3, -0.25) is 9.00 Å². The van der Waals surface area contributed by atoms with Crippen molar-refractivity contribution in [1.29, 1.82) is 0 Å². The molecule has 1 heterocycles. The highest BCUT2D eigenvalue weighted by molar-refractivity contribution is 7.85. The molecule has 35 heavy (non-hydrogen) atoms. The lowest BCUT2D eigenvalue weighted by molar-refractivity contribution is -0.133. The number of benzene rings is 3. The molecule has 3 aromatic carbocycles. The second-order valence-corrected chi connectivity index (χ2v) is 10.8. The fraction of sp³-hybridized carbons (Fsp3) is 0.321. The van der Waals surface area contributed by atoms with E-state index in [0.29, 0.717) is 23.9 Å². The average Bonchev–Trinajstić information content (AvgIpc) is 2.80. The van der Waals surface area contributed by atoms with E-state index in [4.69, 9.17) is 19.3 Å². The molecule has 1 aliphatic rings. The van der Waals surface area contributed by atoms with Crippen molar-refractivity contribution in [2.75, 3.05) is 25.6 Å². The standard InChI is InChI=1S/C28H30O6S/c1-19-11-24(34-18-28(3)16-32-17-28)12-20(2)27(19)22-6-4-5-21(13-22)14-33-23-7-9-25(10-8-23)35(31)15-26(29)30/h4-13H,14-18H2,1-3H3,(H,29,30). The van der Waals surface area contributed by atoms with Crippen LogP contribution < -0.4 is 9.47 Å². The van der Waals surface area contributed by atoms with Crippen LogP contribution >= 0.6 is 0 Å². The highest BCUT2D eigenvalue weighted by Crippen LogP contribution is 2.33. The zero-order valence-electron chi connectivity index (χ0n) is 20.2. The topological polar surface area (TPSA) is 82.1 Å². The Balaban J connectivity index is 1.42. The summed E-state index contributed by atoms with van der Waals surface area (Å²) in [5.41, 5.74) is 5.73. The van der Waals surface area contributed by atoms with E-state index in [-0.39, 0.29) is 5.41 Å². The van der Waals surface area contributed by atoms with Crippen LogP contribution in [0.4, 0.5) is 0 Å². The number of ether oxygens (including phenoxy) is 3. The Morgan fingerprint density at radius 1 is 1.00 bits per heavy atom. The van der Waals surface area contributed by atoms with Gasteiger partial charge in [-0.05, 0) is 84.1 Å². The second-order valence-electron chi connectivity index (χ2n) is 9.37. The number of aryl methyl sites for hydroxylation is 2. The lowest BCUT2D eigenvalue weighted by Crippen LogP contribution is -2.44. The summed E-state index contributed by atoms with van der Waals surface area (Å²) in [6.45, 7) is 8.89. The predicted molar refractivity (Wildman–Crippen MR) is 135 cm³/mol. The van der Waals surface area contributed by atoms with Crippen molar-refractivity contribution in [3.8, 4) is 22.6 Å². The van der Waals surface area contributed by atoms with Gasteiger partial charge in [0.1, 0.15) is 23.9 Å². The molecule has 1 aliphatic heterocycles. The van der Waals surface area contributed by atoms with Gasteiger partial charge in [-0.25, -0.2) is 0 Å². The maximum absolute atomic E-state index is 12.0. The summed E-state index contributed by atoms with van der Waals surface area (Å²) >= 11 is 0. The van der Waals surface area contributed by atoms with Gasteiger partial charge < -0.3 is 19.3 Å². The minimum atomic E-state index is -1.57. The molecule has 0 amide bonds. The summed E-state index contributed by atoms with van der Waals surface area (Å²) in [6.07, 6.45) is 0. The minimum Gasteiger partial charge on any atom is -0.493 e. The molecule has 0 radical (unpaired) electrons. The molecule has 1 unspecified atom stereocenters. The lowest BCUT2D eigenvalue weighted by atomic mass is 9.90. The summed E-state index contributed by atoms with van der Waals surface area (Å²) in [6, 6.07) is 19.1. The Morgan fingerprint density at radius 3 is 2.29 bits per heavy atom. The summed E-state index contributed by atoms with van der Waals surface area (Å²) in [4.78, 5) is 11.2. The average molecular weight is 495 g/mol. The third-order valence-corrected chi connectivity index (χ3v) is 7.26. The van der Waals surface area contributed by atoms with Crippen LogP contribution in [0.3, 0.4) is 0 Å². The molecule has 3 aromatic rings. The Kier molecular flexibility index (Phi) is 7.57. The molecule has 0 aliphatic carbocycles. The number of hydrogen-bond acceptors (Lipinski definition) is 5. The van der Waals surface area contributed by atoms with Crippen LogP contribution in [-0.2, 0) is 26.9 Å². The highest BCUT2D eigenvalue weighted by atomic mass is 32.2. The minimum absolute atomic E-state index is 0.102. The first-order chi connectivity index (χ1) is 16.7. The van der Waals surface area contributed by atoms with Gasteiger partial charge >= 0.3 is 5.97 Å². The van der Waals surface area contributed by atoms with Gasteiger partial charge in [0, 0.05) is 10.3 Å². The largest absolute Gasteiger partial charge is 0.493 e. The molecule has 7 heteroatoms. The van der Waals surface area contributed by atoms with Crippen molar-refractivity contribution in [3.05, 3.63) is 77.4 Å². The number of carboxylic acids is 1. The molecule has 1 fully saturated rings. The van der Waals surface area contributed by atoms with Crippen LogP contribution in [-0.4, -0.2) is 40.9 Å². The van der Waals surface area contributed by atoms with E-state index in [1.54, 1.807) is 24.3 Å². The molecule has 1 atom stereocenters. The maximum Gasteiger partial charge on any atom is 0.316 e. The Hall–Kier alpha value is -3.16. The van der Waals surface area contributed by atoms with E-state index in [0.717, 1.165) is 41.2 Å². The van der Waals surface area contributed by atoms with Crippen molar-refractivity contribution in [2.24, 2.45) is 5.41 Å². The van der Waals surface area contributed by atoms with Crippen LogP contribution in [0.25, 0.3) is 11.1 Å². The predicted octanol–water partition coefficient (Wildman–Crippen LogP) is 5.16. The molecular weight excluding hydrogens is 464 g/mol. The van der Waals surface area contributed by atoms with Crippen molar-refractivity contribution >= 4 is 16.8 Å². The van der Waals surface area contributed by atoms with Gasteiger partial charge in [-0.15, -0.1) is 0 Å². The maximum atomic E-state index is 12.0. The van der Waals surface area contributed by atoms with Gasteiger partial charge in [0.25, 0.3) is 0 Å². The molecule has 0 bridgehead atoms. The van der Waals surface area contributed by atoms with Gasteiger partial charge in [0.15, 0.2) is 0 Å². The fourth-order valence-corrected chi connectivity index (χ4v) is 4.95. The van der Waals surface area contributed by atoms with Gasteiger partial charge in [0.05, 0.1) is 30.6 Å². The number of aliphatic carboxylic acids is 1. The lowest BCUT2D eigenvalue weighted by Gasteiger charge is -2.37. The van der Waals surface area contributed by atoms with Crippen LogP contribution in [0.1, 0.15) is 23.6 Å². The quantitative estimate of drug-likeness (QED) is 0.419. The fourth-order valence-electron chi connectivity index (χ4n) is 4.12. The van der Waals surface area contributed by atoms with E-state index >= 15 is 0 Å². The SMILES string of the molecule is Cc1cc(OCC2(C)COC2)cc(C)c1-c1cccc(COc2ccc(S(=O)CC(=O)O)cc2)c1. The Morgan fingerprint density at radius 2 is 1.69 bits per heavy atom. The summed E-state index contributed by atoms with van der Waals surface area (Å²) in [5.74, 6) is 0.0112. The van der Waals surface area contributed by atoms with Gasteiger partial charge in [-0.2, -0.15) is 0 Å². The molecule has 1 N–H and O–H groups in total. The molecule has 0 aromatic heterocycles. The monoisotopic (exact) mass is 494 g/mol. The first-order valence-electron chi connectivity index (χ1n) is 11.5. The van der Waals surface area contributed by atoms with Gasteiger partial charge in [0.2, 0.25) is 0 Å². The zero-order chi connectivity index (χ0) is 25.0. The number of carbonyl (C=O) groups is 1. The van der Waals surface area contributed by atoms with Crippen molar-refractivity contribution in [3.63, 3.8) is 0 Å². The number of rotatable bonds is 10. The van der Waals surface area contributed by atoms with E-state index in [2.05, 4.69) is 45.0 Å². The number of hydrogen-bond donors (Lipinski definition) is 1. The molecule has 6 nitrogen and oxygen atoms in total. The molecule has 1 saturated heterocycles. The summed E-state index contributed by atoms with van der Waals surface area (Å²) in [7, 11) is -1.57. The first-order valence-corrected chi connectivity index (χ1v) is 12.8. The third-order valence-electron chi connectivity index (χ3n) is 5.96. The van der Waals surface area contributed by atoms with E-state index in [1.807, 2.05) is 12.1 Å². The summed E-state index contributed by atoms with van der Waals surface area (Å²) < 4.78 is 29.3. The third kappa shape index (κ3) is 6.29. The van der Waals surface area contributed by atoms with E-state index < -0.39 is 22.5 Å². The van der Waals surface area contributed by atoms with Crippen LogP contribution in [0, 0.1) is 19.3 Å². The van der Waals surface area contributed by atoms with Crippen molar-refractivity contribution in [1.82, 2.24) is 0 Å². The van der Waals surface area contributed by atoms with Gasteiger partial charge in [-0.1, -0.05) is 25.1 Å². The van der Waals surface area contributed by atoms with E-state index in [1.165, 1.54) is 5.56 Å². The molecular formula is C28H30O6S. The summed E-state index contributed by atoms with van der Waals surface area (Å²) in [5, 5.41) is 8.80. The molecule has 184 valence electrons. The highest BCUT2D eigenvalue weighted by Gasteiger charge is 2.34. The normalized spacial score (nSPS) is 15.2. The molecule has 0 spiro atoms. The van der Waals surface area contributed by atoms with Crippen LogP contribution in [0.2, 0.25) is 0 Å². The Labute approximate surface area is 208 Å². The Bertz CT molecular complexity index is 1210. The number of carboxylic acid groups (broad SMARTS) is 1. The van der Waals surface area contributed by atoms with Crippen LogP contribution in [0.15, 0.2) is 65.6 Å².